The summed E-state index contributed by atoms with van der Waals surface area (Å²) >= 11 is 0. The number of nitrogens with zero attached hydrogens (tertiary/aromatic N) is 2. The Labute approximate surface area is 161 Å². The summed E-state index contributed by atoms with van der Waals surface area (Å²) in [6.45, 7) is 7.01. The lowest BCUT2D eigenvalue weighted by Gasteiger charge is -2.27. The molecule has 0 radical (unpaired) electrons. The quantitative estimate of drug-likeness (QED) is 0.797. The number of rotatable bonds is 6. The highest BCUT2D eigenvalue weighted by atomic mass is 16.2. The molecule has 3 amide bonds. The Morgan fingerprint density at radius 1 is 1.07 bits per heavy atom. The fourth-order valence-electron chi connectivity index (χ4n) is 3.72. The van der Waals surface area contributed by atoms with Gasteiger partial charge in [-0.1, -0.05) is 61.0 Å². The summed E-state index contributed by atoms with van der Waals surface area (Å²) in [5.41, 5.74) is 3.49. The van der Waals surface area contributed by atoms with Crippen molar-refractivity contribution in [1.29, 1.82) is 0 Å². The molecule has 1 saturated heterocycles. The number of hydrogen-bond acceptors (Lipinski definition) is 3. The Hall–Kier alpha value is -2.66. The molecule has 1 fully saturated rings. The summed E-state index contributed by atoms with van der Waals surface area (Å²) in [7, 11) is 1.92. The van der Waals surface area contributed by atoms with Crippen molar-refractivity contribution in [2.45, 2.75) is 39.3 Å². The SMILES string of the molecule is CC[C@]1(c2ccccc2)NC(=O)N(CN(C)Cc2ccc(C)cc2C)C1=O. The van der Waals surface area contributed by atoms with E-state index in [1.54, 1.807) is 0 Å². The first-order valence-corrected chi connectivity index (χ1v) is 9.31. The van der Waals surface area contributed by atoms with Crippen LogP contribution in [0.4, 0.5) is 4.79 Å². The molecule has 1 heterocycles. The summed E-state index contributed by atoms with van der Waals surface area (Å²) < 4.78 is 0. The molecule has 1 aliphatic heterocycles. The van der Waals surface area contributed by atoms with Crippen LogP contribution in [0.15, 0.2) is 48.5 Å². The van der Waals surface area contributed by atoms with Gasteiger partial charge in [-0.25, -0.2) is 9.69 Å². The minimum Gasteiger partial charge on any atom is -0.319 e. The van der Waals surface area contributed by atoms with Crippen molar-refractivity contribution >= 4 is 11.9 Å². The van der Waals surface area contributed by atoms with Crippen molar-refractivity contribution in [2.75, 3.05) is 13.7 Å². The predicted molar refractivity (Wildman–Crippen MR) is 106 cm³/mol. The fourth-order valence-corrected chi connectivity index (χ4v) is 3.72. The summed E-state index contributed by atoms with van der Waals surface area (Å²) in [6, 6.07) is 15.5. The first-order chi connectivity index (χ1) is 12.9. The highest BCUT2D eigenvalue weighted by Crippen LogP contribution is 2.32. The molecule has 1 N–H and O–H groups in total. The minimum absolute atomic E-state index is 0.186. The van der Waals surface area contributed by atoms with E-state index in [9.17, 15) is 9.59 Å². The Balaban J connectivity index is 1.77. The third kappa shape index (κ3) is 3.60. The maximum atomic E-state index is 13.2. The molecular formula is C22H27N3O2. The molecule has 0 aliphatic carbocycles. The van der Waals surface area contributed by atoms with Gasteiger partial charge in [0.05, 0.1) is 6.67 Å². The summed E-state index contributed by atoms with van der Waals surface area (Å²) in [5, 5.41) is 2.93. The molecule has 5 nitrogen and oxygen atoms in total. The highest BCUT2D eigenvalue weighted by Gasteiger charge is 2.51. The number of carbonyl (C=O) groups is 2. The number of benzene rings is 2. The summed E-state index contributed by atoms with van der Waals surface area (Å²) in [4.78, 5) is 29.1. The summed E-state index contributed by atoms with van der Waals surface area (Å²) in [5.74, 6) is -0.186. The van der Waals surface area contributed by atoms with Crippen LogP contribution in [0.1, 0.15) is 35.6 Å². The molecule has 2 aromatic rings. The minimum atomic E-state index is -0.973. The standard InChI is InChI=1S/C22H27N3O2/c1-5-22(19-9-7-6-8-10-19)20(26)25(21(27)23-22)15-24(4)14-18-12-11-16(2)13-17(18)3/h6-13H,5,14-15H2,1-4H3,(H,23,27)/t22-/m1/s1. The van der Waals surface area contributed by atoms with Gasteiger partial charge in [-0.05, 0) is 44.0 Å². The molecule has 27 heavy (non-hydrogen) atoms. The molecule has 2 aromatic carbocycles. The molecule has 0 bridgehead atoms. The van der Waals surface area contributed by atoms with E-state index in [-0.39, 0.29) is 18.6 Å². The van der Waals surface area contributed by atoms with Gasteiger partial charge in [0, 0.05) is 6.54 Å². The van der Waals surface area contributed by atoms with Crippen LogP contribution >= 0.6 is 0 Å². The van der Waals surface area contributed by atoms with E-state index in [2.05, 4.69) is 37.4 Å². The van der Waals surface area contributed by atoms with Crippen molar-refractivity contribution in [2.24, 2.45) is 0 Å². The lowest BCUT2D eigenvalue weighted by molar-refractivity contribution is -0.133. The van der Waals surface area contributed by atoms with Gasteiger partial charge in [-0.15, -0.1) is 0 Å². The normalized spacial score (nSPS) is 19.7. The predicted octanol–water partition coefficient (Wildman–Crippen LogP) is 3.55. The van der Waals surface area contributed by atoms with Crippen LogP contribution in [0.25, 0.3) is 0 Å². The number of aryl methyl sites for hydroxylation is 2. The maximum Gasteiger partial charge on any atom is 0.326 e. The molecule has 1 atom stereocenters. The number of carbonyl (C=O) groups excluding carboxylic acids is 2. The van der Waals surface area contributed by atoms with Crippen LogP contribution in [0.3, 0.4) is 0 Å². The molecule has 0 aromatic heterocycles. The van der Waals surface area contributed by atoms with Crippen LogP contribution in [0, 0.1) is 13.8 Å². The van der Waals surface area contributed by atoms with E-state index in [0.717, 1.165) is 5.56 Å². The molecule has 5 heteroatoms. The van der Waals surface area contributed by atoms with Crippen LogP contribution < -0.4 is 5.32 Å². The zero-order valence-corrected chi connectivity index (χ0v) is 16.5. The average molecular weight is 365 g/mol. The van der Waals surface area contributed by atoms with Gasteiger partial charge in [0.25, 0.3) is 5.91 Å². The van der Waals surface area contributed by atoms with Gasteiger partial charge >= 0.3 is 6.03 Å². The Kier molecular flexibility index (Phi) is 5.33. The van der Waals surface area contributed by atoms with Crippen LogP contribution in [-0.2, 0) is 16.9 Å². The van der Waals surface area contributed by atoms with E-state index in [4.69, 9.17) is 0 Å². The van der Waals surface area contributed by atoms with E-state index in [1.807, 2.05) is 49.2 Å². The lowest BCUT2D eigenvalue weighted by Crippen LogP contribution is -2.44. The summed E-state index contributed by atoms with van der Waals surface area (Å²) in [6.07, 6.45) is 0.513. The van der Waals surface area contributed by atoms with E-state index in [1.165, 1.54) is 21.6 Å². The van der Waals surface area contributed by atoms with E-state index in [0.29, 0.717) is 13.0 Å². The molecule has 3 rings (SSSR count). The fraction of sp³-hybridized carbons (Fsp3) is 0.364. The second-order valence-electron chi connectivity index (χ2n) is 7.37. The molecule has 142 valence electrons. The van der Waals surface area contributed by atoms with Crippen LogP contribution in [0.2, 0.25) is 0 Å². The number of imide groups is 1. The van der Waals surface area contributed by atoms with Gasteiger partial charge in [0.1, 0.15) is 5.54 Å². The smallest absolute Gasteiger partial charge is 0.319 e. The topological polar surface area (TPSA) is 52.7 Å². The van der Waals surface area contributed by atoms with Crippen LogP contribution in [-0.4, -0.2) is 35.5 Å². The van der Waals surface area contributed by atoms with Gasteiger partial charge < -0.3 is 5.32 Å². The zero-order valence-electron chi connectivity index (χ0n) is 16.5. The maximum absolute atomic E-state index is 13.2. The molecular weight excluding hydrogens is 338 g/mol. The van der Waals surface area contributed by atoms with E-state index >= 15 is 0 Å². The first-order valence-electron chi connectivity index (χ1n) is 9.31. The van der Waals surface area contributed by atoms with Crippen LogP contribution in [0.5, 0.6) is 0 Å². The van der Waals surface area contributed by atoms with Crippen molar-refractivity contribution in [3.8, 4) is 0 Å². The Morgan fingerprint density at radius 2 is 1.78 bits per heavy atom. The van der Waals surface area contributed by atoms with Gasteiger partial charge in [0.2, 0.25) is 0 Å². The Bertz CT molecular complexity index is 850. The van der Waals surface area contributed by atoms with Crippen molar-refractivity contribution in [3.05, 3.63) is 70.8 Å². The number of hydrogen-bond donors (Lipinski definition) is 1. The monoisotopic (exact) mass is 365 g/mol. The molecule has 0 spiro atoms. The number of nitrogens with one attached hydrogen (secondary N) is 1. The van der Waals surface area contributed by atoms with Crippen molar-refractivity contribution in [1.82, 2.24) is 15.1 Å². The average Bonchev–Trinajstić information content (AvgIpc) is 2.90. The Morgan fingerprint density at radius 3 is 2.41 bits per heavy atom. The first kappa shape index (κ1) is 19.1. The van der Waals surface area contributed by atoms with Gasteiger partial charge in [0.15, 0.2) is 0 Å². The van der Waals surface area contributed by atoms with Crippen molar-refractivity contribution in [3.63, 3.8) is 0 Å². The third-order valence-corrected chi connectivity index (χ3v) is 5.29. The molecule has 0 unspecified atom stereocenters. The molecule has 0 saturated carbocycles. The molecule has 1 aliphatic rings. The highest BCUT2D eigenvalue weighted by molar-refractivity contribution is 6.07. The largest absolute Gasteiger partial charge is 0.326 e. The lowest BCUT2D eigenvalue weighted by atomic mass is 9.87. The zero-order chi connectivity index (χ0) is 19.6. The second-order valence-corrected chi connectivity index (χ2v) is 7.37. The van der Waals surface area contributed by atoms with E-state index < -0.39 is 5.54 Å². The number of amides is 3. The van der Waals surface area contributed by atoms with Gasteiger partial charge in [-0.2, -0.15) is 0 Å². The second kappa shape index (κ2) is 7.53. The van der Waals surface area contributed by atoms with Crippen molar-refractivity contribution < 1.29 is 9.59 Å². The van der Waals surface area contributed by atoms with Gasteiger partial charge in [-0.3, -0.25) is 9.69 Å². The third-order valence-electron chi connectivity index (χ3n) is 5.29. The number of urea groups is 1.